The largest absolute Gasteiger partial charge is 0.387 e. The fourth-order valence-corrected chi connectivity index (χ4v) is 2.30. The Hall–Kier alpha value is -1.66. The van der Waals surface area contributed by atoms with Gasteiger partial charge in [-0.2, -0.15) is 0 Å². The van der Waals surface area contributed by atoms with Crippen LogP contribution in [0.25, 0.3) is 0 Å². The van der Waals surface area contributed by atoms with Crippen molar-refractivity contribution in [2.24, 2.45) is 0 Å². The lowest BCUT2D eigenvalue weighted by atomic mass is 10.2. The van der Waals surface area contributed by atoms with Gasteiger partial charge < -0.3 is 15.5 Å². The van der Waals surface area contributed by atoms with Gasteiger partial charge in [0.1, 0.15) is 5.69 Å². The van der Waals surface area contributed by atoms with Gasteiger partial charge in [-0.15, -0.1) is 0 Å². The molecule has 1 saturated heterocycles. The first-order valence-electron chi connectivity index (χ1n) is 6.91. The van der Waals surface area contributed by atoms with Gasteiger partial charge in [-0.05, 0) is 26.2 Å². The molecule has 6 heteroatoms. The number of hydrogen-bond donors (Lipinski definition) is 2. The van der Waals surface area contributed by atoms with Crippen LogP contribution in [0.2, 0.25) is 0 Å². The van der Waals surface area contributed by atoms with E-state index in [0.29, 0.717) is 18.3 Å². The van der Waals surface area contributed by atoms with E-state index < -0.39 is 0 Å². The van der Waals surface area contributed by atoms with E-state index in [0.717, 1.165) is 25.3 Å². The van der Waals surface area contributed by atoms with Crippen molar-refractivity contribution in [3.05, 3.63) is 24.0 Å². The van der Waals surface area contributed by atoms with E-state index >= 15 is 0 Å². The summed E-state index contributed by atoms with van der Waals surface area (Å²) < 4.78 is 0. The van der Waals surface area contributed by atoms with E-state index in [-0.39, 0.29) is 5.91 Å². The summed E-state index contributed by atoms with van der Waals surface area (Å²) in [6.07, 6.45) is 1.66. The Morgan fingerprint density at radius 2 is 2.20 bits per heavy atom. The molecule has 0 saturated carbocycles. The number of amides is 1. The number of carbonyl (C=O) groups is 1. The highest BCUT2D eigenvalue weighted by atomic mass is 16.1. The second-order valence-electron chi connectivity index (χ2n) is 5.29. The molecular formula is C14H23N5O. The zero-order chi connectivity index (χ0) is 14.5. The Kier molecular flexibility index (Phi) is 4.92. The molecule has 1 unspecified atom stereocenters. The predicted molar refractivity (Wildman–Crippen MR) is 80.0 cm³/mol. The first-order valence-corrected chi connectivity index (χ1v) is 6.91. The van der Waals surface area contributed by atoms with Crippen LogP contribution in [0.15, 0.2) is 18.3 Å². The van der Waals surface area contributed by atoms with Crippen molar-refractivity contribution in [2.75, 3.05) is 52.6 Å². The van der Waals surface area contributed by atoms with E-state index in [1.807, 2.05) is 13.1 Å². The van der Waals surface area contributed by atoms with Crippen LogP contribution in [0.3, 0.4) is 0 Å². The molecule has 2 N–H and O–H groups in total. The summed E-state index contributed by atoms with van der Waals surface area (Å²) in [4.78, 5) is 20.8. The van der Waals surface area contributed by atoms with Crippen molar-refractivity contribution < 1.29 is 4.79 Å². The molecule has 0 spiro atoms. The third-order valence-corrected chi connectivity index (χ3v) is 3.76. The van der Waals surface area contributed by atoms with E-state index in [9.17, 15) is 4.79 Å². The second-order valence-corrected chi connectivity index (χ2v) is 5.29. The molecule has 110 valence electrons. The summed E-state index contributed by atoms with van der Waals surface area (Å²) in [7, 11) is 6.04. The summed E-state index contributed by atoms with van der Waals surface area (Å²) in [5.74, 6) is -0.116. The Morgan fingerprint density at radius 1 is 1.40 bits per heavy atom. The molecule has 0 radical (unpaired) electrons. The maximum Gasteiger partial charge on any atom is 0.269 e. The van der Waals surface area contributed by atoms with Crippen LogP contribution in [0, 0.1) is 0 Å². The molecule has 1 atom stereocenters. The summed E-state index contributed by atoms with van der Waals surface area (Å²) in [6, 6.07) is 3.94. The zero-order valence-electron chi connectivity index (χ0n) is 12.4. The van der Waals surface area contributed by atoms with E-state index in [1.54, 1.807) is 12.3 Å². The first kappa shape index (κ1) is 14.7. The molecule has 1 aromatic rings. The number of pyridine rings is 1. The Morgan fingerprint density at radius 3 is 2.85 bits per heavy atom. The van der Waals surface area contributed by atoms with Gasteiger partial charge in [0.25, 0.3) is 5.91 Å². The van der Waals surface area contributed by atoms with Gasteiger partial charge in [-0.3, -0.25) is 9.69 Å². The maximum atomic E-state index is 12.0. The summed E-state index contributed by atoms with van der Waals surface area (Å²) in [5.41, 5.74) is 1.35. The number of anilines is 1. The maximum absolute atomic E-state index is 12.0. The van der Waals surface area contributed by atoms with Crippen LogP contribution >= 0.6 is 0 Å². The van der Waals surface area contributed by atoms with Crippen molar-refractivity contribution in [1.82, 2.24) is 20.1 Å². The molecule has 1 amide bonds. The topological polar surface area (TPSA) is 60.5 Å². The smallest absolute Gasteiger partial charge is 0.269 e. The number of hydrogen-bond acceptors (Lipinski definition) is 5. The quantitative estimate of drug-likeness (QED) is 0.817. The molecule has 2 rings (SSSR count). The monoisotopic (exact) mass is 277 g/mol. The minimum absolute atomic E-state index is 0.116. The fourth-order valence-electron chi connectivity index (χ4n) is 2.30. The van der Waals surface area contributed by atoms with Crippen molar-refractivity contribution in [2.45, 2.75) is 6.04 Å². The molecule has 1 aromatic heterocycles. The number of aromatic nitrogens is 1. The second kappa shape index (κ2) is 6.67. The van der Waals surface area contributed by atoms with Crippen LogP contribution < -0.4 is 10.6 Å². The number of likely N-dealkylation sites (N-methyl/N-ethyl adjacent to an activating group) is 2. The van der Waals surface area contributed by atoms with Gasteiger partial charge >= 0.3 is 0 Å². The average molecular weight is 277 g/mol. The third-order valence-electron chi connectivity index (χ3n) is 3.76. The highest BCUT2D eigenvalue weighted by Crippen LogP contribution is 2.06. The van der Waals surface area contributed by atoms with Crippen molar-refractivity contribution in [3.8, 4) is 0 Å². The molecule has 2 heterocycles. The minimum atomic E-state index is -0.116. The Balaban J connectivity index is 1.87. The number of rotatable bonds is 4. The number of carbonyl (C=O) groups excluding carboxylic acids is 1. The molecular weight excluding hydrogens is 254 g/mol. The van der Waals surface area contributed by atoms with Gasteiger partial charge in [0, 0.05) is 39.3 Å². The van der Waals surface area contributed by atoms with Crippen LogP contribution in [0.1, 0.15) is 10.5 Å². The molecule has 0 bridgehead atoms. The molecule has 20 heavy (non-hydrogen) atoms. The number of nitrogens with zero attached hydrogens (tertiary/aromatic N) is 3. The van der Waals surface area contributed by atoms with Gasteiger partial charge in [0.15, 0.2) is 0 Å². The molecule has 1 fully saturated rings. The summed E-state index contributed by atoms with van der Waals surface area (Å²) >= 11 is 0. The molecule has 0 aromatic carbocycles. The van der Waals surface area contributed by atoms with Gasteiger partial charge in [0.2, 0.25) is 0 Å². The first-order chi connectivity index (χ1) is 9.60. The van der Waals surface area contributed by atoms with Crippen molar-refractivity contribution >= 4 is 11.6 Å². The fraction of sp³-hybridized carbons (Fsp3) is 0.571. The van der Waals surface area contributed by atoms with Crippen LogP contribution in [-0.4, -0.2) is 74.1 Å². The Labute approximate surface area is 120 Å². The van der Waals surface area contributed by atoms with E-state index in [2.05, 4.69) is 39.5 Å². The Bertz CT molecular complexity index is 447. The van der Waals surface area contributed by atoms with E-state index in [1.165, 1.54) is 0 Å². The normalized spacial score (nSPS) is 20.6. The SMILES string of the molecule is CNc1ccc(C(=O)NCC2CN(C)CCN2C)nc1. The lowest BCUT2D eigenvalue weighted by molar-refractivity contribution is 0.0877. The highest BCUT2D eigenvalue weighted by Gasteiger charge is 2.22. The zero-order valence-corrected chi connectivity index (χ0v) is 12.4. The summed E-state index contributed by atoms with van der Waals surface area (Å²) in [6.45, 7) is 3.73. The lowest BCUT2D eigenvalue weighted by Crippen LogP contribution is -2.54. The van der Waals surface area contributed by atoms with E-state index in [4.69, 9.17) is 0 Å². The summed E-state index contributed by atoms with van der Waals surface area (Å²) in [5, 5.41) is 5.95. The van der Waals surface area contributed by atoms with Crippen LogP contribution in [0.4, 0.5) is 5.69 Å². The average Bonchev–Trinajstić information content (AvgIpc) is 2.48. The molecule has 1 aliphatic rings. The highest BCUT2D eigenvalue weighted by molar-refractivity contribution is 5.92. The lowest BCUT2D eigenvalue weighted by Gasteiger charge is -2.37. The standard InChI is InChI=1S/C14H23N5O/c1-15-11-4-5-13(16-8-11)14(20)17-9-12-10-18(2)6-7-19(12)3/h4-5,8,12,15H,6-7,9-10H2,1-3H3,(H,17,20). The molecule has 0 aliphatic carbocycles. The minimum Gasteiger partial charge on any atom is -0.387 e. The van der Waals surface area contributed by atoms with Gasteiger partial charge in [-0.25, -0.2) is 4.98 Å². The molecule has 6 nitrogen and oxygen atoms in total. The van der Waals surface area contributed by atoms with Crippen molar-refractivity contribution in [3.63, 3.8) is 0 Å². The number of nitrogens with one attached hydrogen (secondary N) is 2. The van der Waals surface area contributed by atoms with Gasteiger partial charge in [0.05, 0.1) is 11.9 Å². The molecule has 1 aliphatic heterocycles. The predicted octanol–water partition coefficient (Wildman–Crippen LogP) is 0.0989. The number of piperazine rings is 1. The van der Waals surface area contributed by atoms with Crippen molar-refractivity contribution in [1.29, 1.82) is 0 Å². The third kappa shape index (κ3) is 3.68. The van der Waals surface area contributed by atoms with Crippen LogP contribution in [0.5, 0.6) is 0 Å². The van der Waals surface area contributed by atoms with Crippen LogP contribution in [-0.2, 0) is 0 Å². The van der Waals surface area contributed by atoms with Gasteiger partial charge in [-0.1, -0.05) is 0 Å².